The lowest BCUT2D eigenvalue weighted by Crippen LogP contribution is -2.09. The molecule has 2 nitrogen and oxygen atoms in total. The Hall–Kier alpha value is -8.24. The first-order chi connectivity index (χ1) is 33.1. The summed E-state index contributed by atoms with van der Waals surface area (Å²) in [7, 11) is 0. The van der Waals surface area contributed by atoms with Gasteiger partial charge in [0.2, 0.25) is 0 Å². The molecule has 67 heavy (non-hydrogen) atoms. The molecular weight excluding hydrogens is 831 g/mol. The molecule has 2 aromatic heterocycles. The zero-order valence-electron chi connectivity index (χ0n) is 37.3. The summed E-state index contributed by atoms with van der Waals surface area (Å²) in [6.45, 7) is 4.51. The maximum absolute atomic E-state index is 6.59. The minimum Gasteiger partial charge on any atom is -0.456 e. The number of thiophene rings is 1. The second-order valence-electron chi connectivity index (χ2n) is 17.3. The molecule has 12 aromatic rings. The van der Waals surface area contributed by atoms with Crippen LogP contribution in [0.25, 0.3) is 98.3 Å². The third kappa shape index (κ3) is 7.22. The average Bonchev–Trinajstić information content (AvgIpc) is 3.96. The minimum absolute atomic E-state index is 0.893. The molecule has 0 radical (unpaired) electrons. The Morgan fingerprint density at radius 2 is 1.04 bits per heavy atom. The van der Waals surface area contributed by atoms with Gasteiger partial charge in [0, 0.05) is 43.2 Å². The maximum atomic E-state index is 6.59. The van der Waals surface area contributed by atoms with E-state index in [1.54, 1.807) is 0 Å². The molecular formula is C64H45NOS. The van der Waals surface area contributed by atoms with Crippen LogP contribution >= 0.6 is 11.3 Å². The van der Waals surface area contributed by atoms with Gasteiger partial charge in [-0.3, -0.25) is 0 Å². The van der Waals surface area contributed by atoms with Gasteiger partial charge in [0.05, 0.1) is 10.4 Å². The predicted molar refractivity (Wildman–Crippen MR) is 288 cm³/mol. The van der Waals surface area contributed by atoms with Gasteiger partial charge in [0.15, 0.2) is 0 Å². The van der Waals surface area contributed by atoms with Crippen LogP contribution in [0.4, 0.5) is 17.1 Å². The van der Waals surface area contributed by atoms with Gasteiger partial charge in [-0.2, -0.15) is 0 Å². The van der Waals surface area contributed by atoms with Crippen LogP contribution in [-0.4, -0.2) is 0 Å². The van der Waals surface area contributed by atoms with E-state index in [0.717, 1.165) is 50.0 Å². The second kappa shape index (κ2) is 17.0. The number of hydrogen-bond acceptors (Lipinski definition) is 3. The lowest BCUT2D eigenvalue weighted by atomic mass is 9.81. The van der Waals surface area contributed by atoms with E-state index in [9.17, 15) is 0 Å². The Morgan fingerprint density at radius 3 is 1.81 bits per heavy atom. The van der Waals surface area contributed by atoms with Crippen molar-refractivity contribution in [3.8, 4) is 44.5 Å². The number of hydrogen-bond donors (Lipinski definition) is 0. The lowest BCUT2D eigenvalue weighted by Gasteiger charge is -2.26. The SMILES string of the molecule is C/C(=C/c1ccc(N(c2ccccc2)c2cccc3c2sc2ccccc23)cc1)c1c(-c2ccc(-c3ccccc3)cc2)cccc1-c1c(C)cc2oc3ccccc3c2c1-c1ccccc1. The molecule has 2 heterocycles. The number of anilines is 3. The molecule has 0 aliphatic carbocycles. The summed E-state index contributed by atoms with van der Waals surface area (Å²) >= 11 is 1.86. The van der Waals surface area contributed by atoms with Crippen molar-refractivity contribution in [2.24, 2.45) is 0 Å². The number of nitrogens with zero attached hydrogens (tertiary/aromatic N) is 1. The first-order valence-electron chi connectivity index (χ1n) is 22.9. The van der Waals surface area contributed by atoms with Crippen molar-refractivity contribution in [1.29, 1.82) is 0 Å². The van der Waals surface area contributed by atoms with E-state index in [1.807, 2.05) is 11.3 Å². The Kier molecular flexibility index (Phi) is 10.2. The molecule has 0 saturated heterocycles. The van der Waals surface area contributed by atoms with Gasteiger partial charge in [0.25, 0.3) is 0 Å². The molecule has 3 heteroatoms. The van der Waals surface area contributed by atoms with E-state index in [0.29, 0.717) is 0 Å². The number of benzene rings is 10. The van der Waals surface area contributed by atoms with Crippen molar-refractivity contribution in [3.63, 3.8) is 0 Å². The van der Waals surface area contributed by atoms with Crippen LogP contribution < -0.4 is 4.90 Å². The molecule has 0 N–H and O–H groups in total. The van der Waals surface area contributed by atoms with Crippen molar-refractivity contribution in [2.45, 2.75) is 13.8 Å². The van der Waals surface area contributed by atoms with Crippen LogP contribution in [0.2, 0.25) is 0 Å². The number of aryl methyl sites for hydroxylation is 1. The third-order valence-electron chi connectivity index (χ3n) is 13.1. The number of fused-ring (bicyclic) bond motifs is 6. The maximum Gasteiger partial charge on any atom is 0.136 e. The Morgan fingerprint density at radius 1 is 0.463 bits per heavy atom. The minimum atomic E-state index is 0.893. The fraction of sp³-hybridized carbons (Fsp3) is 0.0312. The Balaban J connectivity index is 1.04. The highest BCUT2D eigenvalue weighted by Crippen LogP contribution is 2.49. The summed E-state index contributed by atoms with van der Waals surface area (Å²) in [6.07, 6.45) is 2.35. The summed E-state index contributed by atoms with van der Waals surface area (Å²) in [6, 6.07) is 83.2. The molecule has 0 unspecified atom stereocenters. The first-order valence-corrected chi connectivity index (χ1v) is 23.7. The summed E-state index contributed by atoms with van der Waals surface area (Å²) in [4.78, 5) is 2.40. The largest absolute Gasteiger partial charge is 0.456 e. The van der Waals surface area contributed by atoms with Crippen LogP contribution in [0.15, 0.2) is 235 Å². The van der Waals surface area contributed by atoms with Gasteiger partial charge in [-0.15, -0.1) is 11.3 Å². The first kappa shape index (κ1) is 40.3. The van der Waals surface area contributed by atoms with Gasteiger partial charge in [-0.05, 0) is 124 Å². The molecule has 318 valence electrons. The topological polar surface area (TPSA) is 16.4 Å². The Bertz CT molecular complexity index is 3790. The molecule has 0 aliphatic heterocycles. The highest BCUT2D eigenvalue weighted by atomic mass is 32.1. The molecule has 12 rings (SSSR count). The van der Waals surface area contributed by atoms with Crippen molar-refractivity contribution < 1.29 is 4.42 Å². The Labute approximate surface area is 395 Å². The van der Waals surface area contributed by atoms with Gasteiger partial charge in [-0.25, -0.2) is 0 Å². The van der Waals surface area contributed by atoms with Gasteiger partial charge >= 0.3 is 0 Å². The highest BCUT2D eigenvalue weighted by Gasteiger charge is 2.24. The van der Waals surface area contributed by atoms with Gasteiger partial charge in [-0.1, -0.05) is 188 Å². The van der Waals surface area contributed by atoms with Crippen molar-refractivity contribution in [3.05, 3.63) is 247 Å². The molecule has 0 bridgehead atoms. The zero-order valence-corrected chi connectivity index (χ0v) is 38.1. The average molecular weight is 876 g/mol. The third-order valence-corrected chi connectivity index (χ3v) is 14.3. The summed E-state index contributed by atoms with van der Waals surface area (Å²) in [5.74, 6) is 0. The second-order valence-corrected chi connectivity index (χ2v) is 18.3. The summed E-state index contributed by atoms with van der Waals surface area (Å²) in [5, 5.41) is 4.83. The zero-order chi connectivity index (χ0) is 44.8. The van der Waals surface area contributed by atoms with Gasteiger partial charge in [0.1, 0.15) is 11.2 Å². The fourth-order valence-electron chi connectivity index (χ4n) is 10.1. The lowest BCUT2D eigenvalue weighted by molar-refractivity contribution is 0.668. The van der Waals surface area contributed by atoms with Crippen molar-refractivity contribution in [2.75, 3.05) is 4.90 Å². The van der Waals surface area contributed by atoms with E-state index >= 15 is 0 Å². The predicted octanol–water partition coefficient (Wildman–Crippen LogP) is 19.0. The number of rotatable bonds is 9. The summed E-state index contributed by atoms with van der Waals surface area (Å²) < 4.78 is 9.16. The van der Waals surface area contributed by atoms with E-state index in [1.165, 1.54) is 75.9 Å². The summed E-state index contributed by atoms with van der Waals surface area (Å²) in [5.41, 5.74) is 19.4. The van der Waals surface area contributed by atoms with Crippen LogP contribution in [0.5, 0.6) is 0 Å². The number of allylic oxidation sites excluding steroid dienone is 1. The molecule has 0 spiro atoms. The van der Waals surface area contributed by atoms with E-state index in [4.69, 9.17) is 4.42 Å². The fourth-order valence-corrected chi connectivity index (χ4v) is 11.3. The smallest absolute Gasteiger partial charge is 0.136 e. The molecule has 0 aliphatic rings. The molecule has 0 saturated carbocycles. The number of para-hydroxylation sites is 2. The quantitative estimate of drug-likeness (QED) is 0.134. The van der Waals surface area contributed by atoms with E-state index in [2.05, 4.69) is 255 Å². The van der Waals surface area contributed by atoms with Crippen LogP contribution in [0, 0.1) is 6.92 Å². The van der Waals surface area contributed by atoms with Crippen molar-refractivity contribution in [1.82, 2.24) is 0 Å². The number of furan rings is 1. The monoisotopic (exact) mass is 875 g/mol. The normalized spacial score (nSPS) is 11.8. The highest BCUT2D eigenvalue weighted by molar-refractivity contribution is 7.26. The standard InChI is InChI=1S/C64H45NOS/c1-42(40-44-32-38-50(39-33-44)65(49-22-10-5-11-23-49)56-29-17-27-53-52-24-13-15-31-59(52)67-64(53)56)60-51(47-36-34-46(35-37-47)45-18-6-3-7-19-45)26-16-28-55(60)61-43(2)41-58-63(54-25-12-14-30-57(54)66-58)62(61)48-20-8-4-9-21-48/h3-41H,1-2H3/b42-40-. The van der Waals surface area contributed by atoms with E-state index < -0.39 is 0 Å². The van der Waals surface area contributed by atoms with Crippen LogP contribution in [0.3, 0.4) is 0 Å². The van der Waals surface area contributed by atoms with E-state index in [-0.39, 0.29) is 0 Å². The van der Waals surface area contributed by atoms with Crippen LogP contribution in [0.1, 0.15) is 23.6 Å². The molecule has 0 fully saturated rings. The van der Waals surface area contributed by atoms with Crippen molar-refractivity contribution >= 4 is 82.2 Å². The molecule has 10 aromatic carbocycles. The molecule has 0 amide bonds. The van der Waals surface area contributed by atoms with Crippen LogP contribution in [-0.2, 0) is 0 Å². The molecule has 0 atom stereocenters. The van der Waals surface area contributed by atoms with Gasteiger partial charge < -0.3 is 9.32 Å².